The van der Waals surface area contributed by atoms with Crippen LogP contribution in [0.4, 0.5) is 0 Å². The van der Waals surface area contributed by atoms with E-state index in [-0.39, 0.29) is 6.10 Å². The van der Waals surface area contributed by atoms with E-state index >= 15 is 0 Å². The zero-order valence-corrected chi connectivity index (χ0v) is 17.4. The second-order valence-corrected chi connectivity index (χ2v) is 7.60. The number of benzene rings is 1. The van der Waals surface area contributed by atoms with Crippen molar-refractivity contribution in [2.45, 2.75) is 51.8 Å². The van der Waals surface area contributed by atoms with Crippen molar-refractivity contribution in [3.63, 3.8) is 0 Å². The van der Waals surface area contributed by atoms with E-state index in [4.69, 9.17) is 14.2 Å². The van der Waals surface area contributed by atoms with Crippen molar-refractivity contribution in [3.8, 4) is 11.5 Å². The van der Waals surface area contributed by atoms with Crippen molar-refractivity contribution in [3.05, 3.63) is 47.5 Å². The second kappa shape index (κ2) is 9.85. The van der Waals surface area contributed by atoms with Gasteiger partial charge in [0.25, 0.3) is 0 Å². The van der Waals surface area contributed by atoms with Gasteiger partial charge in [-0.15, -0.1) is 0 Å². The summed E-state index contributed by atoms with van der Waals surface area (Å²) in [7, 11) is 3.32. The van der Waals surface area contributed by atoms with E-state index in [0.29, 0.717) is 5.92 Å². The summed E-state index contributed by atoms with van der Waals surface area (Å²) >= 11 is 0. The van der Waals surface area contributed by atoms with Crippen LogP contribution in [0, 0.1) is 0 Å². The van der Waals surface area contributed by atoms with Crippen molar-refractivity contribution in [2.24, 2.45) is 0 Å². The predicted octanol–water partition coefficient (Wildman–Crippen LogP) is 3.80. The molecule has 1 aromatic heterocycles. The molecule has 1 fully saturated rings. The standard InChI is InChI=1S/C22H31N3O3/c1-16(2)22-23-11-18(12-24-22)14-25(15-19-6-5-9-28-19)13-17-7-8-20(26-3)21(10-17)27-4/h7-8,10-12,16,19H,5-6,9,13-15H2,1-4H3. The van der Waals surface area contributed by atoms with Crippen LogP contribution in [-0.2, 0) is 17.8 Å². The van der Waals surface area contributed by atoms with Gasteiger partial charge in [-0.3, -0.25) is 4.90 Å². The van der Waals surface area contributed by atoms with E-state index in [1.807, 2.05) is 24.5 Å². The lowest BCUT2D eigenvalue weighted by molar-refractivity contribution is 0.0678. The zero-order valence-electron chi connectivity index (χ0n) is 17.4. The zero-order chi connectivity index (χ0) is 19.9. The highest BCUT2D eigenvalue weighted by molar-refractivity contribution is 5.42. The molecule has 28 heavy (non-hydrogen) atoms. The van der Waals surface area contributed by atoms with Crippen LogP contribution in [0.15, 0.2) is 30.6 Å². The molecule has 3 rings (SSSR count). The molecule has 1 aliphatic rings. The Labute approximate surface area is 167 Å². The van der Waals surface area contributed by atoms with Crippen LogP contribution in [-0.4, -0.2) is 48.3 Å². The number of methoxy groups -OCH3 is 2. The van der Waals surface area contributed by atoms with Gasteiger partial charge in [0.1, 0.15) is 5.82 Å². The first-order valence-corrected chi connectivity index (χ1v) is 9.94. The third-order valence-electron chi connectivity index (χ3n) is 4.99. The first kappa shape index (κ1) is 20.6. The van der Waals surface area contributed by atoms with E-state index in [1.165, 1.54) is 5.56 Å². The summed E-state index contributed by atoms with van der Waals surface area (Å²) in [6, 6.07) is 6.08. The third-order valence-corrected chi connectivity index (χ3v) is 4.99. The Kier molecular flexibility index (Phi) is 7.23. The molecule has 6 heteroatoms. The average molecular weight is 386 g/mol. The molecular formula is C22H31N3O3. The normalized spacial score (nSPS) is 16.7. The summed E-state index contributed by atoms with van der Waals surface area (Å²) in [6.07, 6.45) is 6.43. The van der Waals surface area contributed by atoms with Gasteiger partial charge in [-0.1, -0.05) is 19.9 Å². The largest absolute Gasteiger partial charge is 0.493 e. The summed E-state index contributed by atoms with van der Waals surface area (Å²) in [4.78, 5) is 11.4. The van der Waals surface area contributed by atoms with Crippen LogP contribution < -0.4 is 9.47 Å². The van der Waals surface area contributed by atoms with E-state index in [0.717, 1.165) is 62.0 Å². The van der Waals surface area contributed by atoms with Crippen molar-refractivity contribution < 1.29 is 14.2 Å². The first-order chi connectivity index (χ1) is 13.6. The Morgan fingerprint density at radius 2 is 1.79 bits per heavy atom. The van der Waals surface area contributed by atoms with Gasteiger partial charge in [0.15, 0.2) is 11.5 Å². The molecule has 0 radical (unpaired) electrons. The Morgan fingerprint density at radius 3 is 2.39 bits per heavy atom. The molecule has 0 bridgehead atoms. The molecule has 0 aliphatic carbocycles. The fourth-order valence-electron chi connectivity index (χ4n) is 3.50. The van der Waals surface area contributed by atoms with Crippen LogP contribution in [0.2, 0.25) is 0 Å². The summed E-state index contributed by atoms with van der Waals surface area (Å²) in [5, 5.41) is 0. The highest BCUT2D eigenvalue weighted by atomic mass is 16.5. The van der Waals surface area contributed by atoms with Crippen molar-refractivity contribution in [2.75, 3.05) is 27.4 Å². The van der Waals surface area contributed by atoms with E-state index in [1.54, 1.807) is 14.2 Å². The van der Waals surface area contributed by atoms with Gasteiger partial charge in [-0.2, -0.15) is 0 Å². The minimum Gasteiger partial charge on any atom is -0.493 e. The molecule has 1 atom stereocenters. The Balaban J connectivity index is 1.74. The van der Waals surface area contributed by atoms with Gasteiger partial charge in [0, 0.05) is 50.1 Å². The monoisotopic (exact) mass is 385 g/mol. The third kappa shape index (κ3) is 5.42. The summed E-state index contributed by atoms with van der Waals surface area (Å²) in [5.41, 5.74) is 2.29. The van der Waals surface area contributed by atoms with Crippen LogP contribution in [0.3, 0.4) is 0 Å². The molecule has 1 unspecified atom stereocenters. The smallest absolute Gasteiger partial charge is 0.161 e. The molecule has 2 aromatic rings. The summed E-state index contributed by atoms with van der Waals surface area (Å²) < 4.78 is 16.7. The lowest BCUT2D eigenvalue weighted by Gasteiger charge is -2.25. The number of ether oxygens (including phenoxy) is 3. The van der Waals surface area contributed by atoms with Gasteiger partial charge in [0.2, 0.25) is 0 Å². The fourth-order valence-corrected chi connectivity index (χ4v) is 3.50. The summed E-state index contributed by atoms with van der Waals surface area (Å²) in [6.45, 7) is 7.55. The SMILES string of the molecule is COc1ccc(CN(Cc2cnc(C(C)C)nc2)CC2CCCO2)cc1OC. The van der Waals surface area contributed by atoms with Crippen LogP contribution in [0.5, 0.6) is 11.5 Å². The average Bonchev–Trinajstić information content (AvgIpc) is 3.21. The van der Waals surface area contributed by atoms with Gasteiger partial charge in [-0.25, -0.2) is 9.97 Å². The predicted molar refractivity (Wildman–Crippen MR) is 109 cm³/mol. The molecule has 6 nitrogen and oxygen atoms in total. The van der Waals surface area contributed by atoms with E-state index in [9.17, 15) is 0 Å². The lowest BCUT2D eigenvalue weighted by Crippen LogP contribution is -2.31. The van der Waals surface area contributed by atoms with E-state index in [2.05, 4.69) is 34.8 Å². The second-order valence-electron chi connectivity index (χ2n) is 7.60. The molecule has 1 aromatic carbocycles. The minimum absolute atomic E-state index is 0.288. The topological polar surface area (TPSA) is 56.7 Å². The Bertz CT molecular complexity index is 743. The van der Waals surface area contributed by atoms with Crippen LogP contribution in [0.1, 0.15) is 49.6 Å². The van der Waals surface area contributed by atoms with Gasteiger partial charge >= 0.3 is 0 Å². The molecule has 1 saturated heterocycles. The Morgan fingerprint density at radius 1 is 1.07 bits per heavy atom. The molecule has 0 amide bonds. The lowest BCUT2D eigenvalue weighted by atomic mass is 10.1. The van der Waals surface area contributed by atoms with Crippen molar-refractivity contribution in [1.29, 1.82) is 0 Å². The molecule has 0 N–H and O–H groups in total. The first-order valence-electron chi connectivity index (χ1n) is 9.94. The van der Waals surface area contributed by atoms with Crippen molar-refractivity contribution in [1.82, 2.24) is 14.9 Å². The van der Waals surface area contributed by atoms with Crippen LogP contribution >= 0.6 is 0 Å². The highest BCUT2D eigenvalue weighted by Gasteiger charge is 2.20. The quantitative estimate of drug-likeness (QED) is 0.654. The van der Waals surface area contributed by atoms with Crippen LogP contribution in [0.25, 0.3) is 0 Å². The molecule has 1 aliphatic heterocycles. The number of hydrogen-bond donors (Lipinski definition) is 0. The highest BCUT2D eigenvalue weighted by Crippen LogP contribution is 2.28. The van der Waals surface area contributed by atoms with Gasteiger partial charge in [-0.05, 0) is 30.5 Å². The van der Waals surface area contributed by atoms with Gasteiger partial charge in [0.05, 0.1) is 20.3 Å². The number of rotatable bonds is 9. The maximum atomic E-state index is 5.87. The molecule has 0 spiro atoms. The maximum absolute atomic E-state index is 5.87. The maximum Gasteiger partial charge on any atom is 0.161 e. The molecule has 152 valence electrons. The number of hydrogen-bond acceptors (Lipinski definition) is 6. The molecular weight excluding hydrogens is 354 g/mol. The Hall–Kier alpha value is -2.18. The minimum atomic E-state index is 0.288. The van der Waals surface area contributed by atoms with Crippen molar-refractivity contribution >= 4 is 0 Å². The van der Waals surface area contributed by atoms with E-state index < -0.39 is 0 Å². The number of aromatic nitrogens is 2. The molecule has 2 heterocycles. The number of nitrogens with zero attached hydrogens (tertiary/aromatic N) is 3. The fraction of sp³-hybridized carbons (Fsp3) is 0.545. The molecule has 0 saturated carbocycles. The van der Waals surface area contributed by atoms with Gasteiger partial charge < -0.3 is 14.2 Å². The summed E-state index contributed by atoms with van der Waals surface area (Å²) in [5.74, 6) is 2.72.